The van der Waals surface area contributed by atoms with Crippen LogP contribution in [0.25, 0.3) is 0 Å². The summed E-state index contributed by atoms with van der Waals surface area (Å²) in [6.07, 6.45) is 2.31. The molecule has 2 aromatic rings. The highest BCUT2D eigenvalue weighted by atomic mass is 15.1. The van der Waals surface area contributed by atoms with Crippen LogP contribution in [0.3, 0.4) is 0 Å². The molecule has 1 aromatic carbocycles. The Morgan fingerprint density at radius 3 is 2.71 bits per heavy atom. The molecule has 1 heterocycles. The van der Waals surface area contributed by atoms with Crippen molar-refractivity contribution in [1.82, 2.24) is 9.97 Å². The molecule has 0 unspecified atom stereocenters. The van der Waals surface area contributed by atoms with Crippen LogP contribution < -0.4 is 10.6 Å². The summed E-state index contributed by atoms with van der Waals surface area (Å²) in [6.45, 7) is 2.85. The molecule has 5 heteroatoms. The maximum Gasteiger partial charge on any atom is 0.136 e. The monoisotopic (exact) mass is 279 g/mol. The van der Waals surface area contributed by atoms with Gasteiger partial charge in [0, 0.05) is 18.5 Å². The van der Waals surface area contributed by atoms with Crippen LogP contribution in [0.2, 0.25) is 0 Å². The fourth-order valence-electron chi connectivity index (χ4n) is 2.15. The van der Waals surface area contributed by atoms with Gasteiger partial charge in [0.25, 0.3) is 0 Å². The zero-order chi connectivity index (χ0) is 14.7. The molecular formula is C16H17N5. The lowest BCUT2D eigenvalue weighted by Gasteiger charge is -2.11. The van der Waals surface area contributed by atoms with Crippen molar-refractivity contribution in [1.29, 1.82) is 5.26 Å². The number of anilines is 3. The molecule has 5 nitrogen and oxygen atoms in total. The molecule has 0 spiro atoms. The minimum absolute atomic E-state index is 0.482. The zero-order valence-electron chi connectivity index (χ0n) is 11.9. The predicted octanol–water partition coefficient (Wildman–Crippen LogP) is 3.40. The quantitative estimate of drug-likeness (QED) is 0.877. The van der Waals surface area contributed by atoms with E-state index >= 15 is 0 Å². The van der Waals surface area contributed by atoms with Crippen molar-refractivity contribution >= 4 is 17.3 Å². The van der Waals surface area contributed by atoms with E-state index in [9.17, 15) is 0 Å². The lowest BCUT2D eigenvalue weighted by Crippen LogP contribution is -2.06. The van der Waals surface area contributed by atoms with Gasteiger partial charge in [0.05, 0.1) is 11.3 Å². The second-order valence-electron chi connectivity index (χ2n) is 5.08. The van der Waals surface area contributed by atoms with Gasteiger partial charge >= 0.3 is 0 Å². The molecule has 0 saturated heterocycles. The van der Waals surface area contributed by atoms with Gasteiger partial charge in [0.15, 0.2) is 0 Å². The average molecular weight is 279 g/mol. The average Bonchev–Trinajstić information content (AvgIpc) is 3.32. The van der Waals surface area contributed by atoms with E-state index in [-0.39, 0.29) is 0 Å². The normalized spacial score (nSPS) is 13.5. The Kier molecular flexibility index (Phi) is 3.69. The minimum Gasteiger partial charge on any atom is -0.370 e. The summed E-state index contributed by atoms with van der Waals surface area (Å²) < 4.78 is 0. The van der Waals surface area contributed by atoms with Gasteiger partial charge in [0.2, 0.25) is 0 Å². The summed E-state index contributed by atoms with van der Waals surface area (Å²) in [5.74, 6) is 2.91. The van der Waals surface area contributed by atoms with Gasteiger partial charge in [-0.2, -0.15) is 5.26 Å². The van der Waals surface area contributed by atoms with Crippen molar-refractivity contribution in [2.24, 2.45) is 0 Å². The van der Waals surface area contributed by atoms with Crippen LogP contribution >= 0.6 is 0 Å². The van der Waals surface area contributed by atoms with Crippen LogP contribution in [-0.2, 0) is 0 Å². The number of nitrogens with zero attached hydrogens (tertiary/aromatic N) is 3. The first-order valence-electron chi connectivity index (χ1n) is 7.19. The van der Waals surface area contributed by atoms with Crippen molar-refractivity contribution in [2.45, 2.75) is 25.7 Å². The number of hydrogen-bond donors (Lipinski definition) is 2. The number of rotatable bonds is 5. The van der Waals surface area contributed by atoms with Gasteiger partial charge in [-0.25, -0.2) is 9.97 Å². The van der Waals surface area contributed by atoms with Gasteiger partial charge in [-0.05, 0) is 31.9 Å². The maximum atomic E-state index is 9.15. The first kappa shape index (κ1) is 13.4. The Labute approximate surface area is 124 Å². The third-order valence-electron chi connectivity index (χ3n) is 3.35. The van der Waals surface area contributed by atoms with E-state index in [1.807, 2.05) is 31.2 Å². The molecule has 0 aliphatic heterocycles. The maximum absolute atomic E-state index is 9.15. The smallest absolute Gasteiger partial charge is 0.136 e. The summed E-state index contributed by atoms with van der Waals surface area (Å²) in [5.41, 5.74) is 1.37. The Balaban J connectivity index is 1.92. The lowest BCUT2D eigenvalue weighted by molar-refractivity contribution is 0.927. The standard InChI is InChI=1S/C16H17N5/c1-2-18-14-9-15(21-16(20-14)11-7-8-11)19-13-6-4-3-5-12(13)10-17/h3-6,9,11H,2,7-8H2,1H3,(H2,18,19,20,21). The molecule has 1 fully saturated rings. The summed E-state index contributed by atoms with van der Waals surface area (Å²) in [7, 11) is 0. The van der Waals surface area contributed by atoms with E-state index in [1.54, 1.807) is 6.07 Å². The van der Waals surface area contributed by atoms with Crippen molar-refractivity contribution in [3.05, 3.63) is 41.7 Å². The molecule has 1 saturated carbocycles. The van der Waals surface area contributed by atoms with Crippen LogP contribution in [0.1, 0.15) is 37.1 Å². The van der Waals surface area contributed by atoms with E-state index in [2.05, 4.69) is 26.7 Å². The van der Waals surface area contributed by atoms with Crippen molar-refractivity contribution in [3.8, 4) is 6.07 Å². The highest BCUT2D eigenvalue weighted by molar-refractivity contribution is 5.65. The zero-order valence-corrected chi connectivity index (χ0v) is 11.9. The molecule has 1 aliphatic rings. The van der Waals surface area contributed by atoms with Crippen LogP contribution in [-0.4, -0.2) is 16.5 Å². The Morgan fingerprint density at radius 1 is 1.24 bits per heavy atom. The Bertz CT molecular complexity index is 685. The van der Waals surface area contributed by atoms with E-state index in [0.717, 1.165) is 42.5 Å². The van der Waals surface area contributed by atoms with Crippen LogP contribution in [0.4, 0.5) is 17.3 Å². The van der Waals surface area contributed by atoms with Gasteiger partial charge in [-0.1, -0.05) is 12.1 Å². The second kappa shape index (κ2) is 5.80. The molecule has 1 aromatic heterocycles. The van der Waals surface area contributed by atoms with Crippen LogP contribution in [0.5, 0.6) is 0 Å². The van der Waals surface area contributed by atoms with Gasteiger partial charge in [0.1, 0.15) is 23.5 Å². The Morgan fingerprint density at radius 2 is 2.00 bits per heavy atom. The molecule has 2 N–H and O–H groups in total. The molecule has 0 atom stereocenters. The van der Waals surface area contributed by atoms with E-state index in [1.165, 1.54) is 0 Å². The van der Waals surface area contributed by atoms with Gasteiger partial charge < -0.3 is 10.6 Å². The summed E-state index contributed by atoms with van der Waals surface area (Å²) in [5, 5.41) is 15.6. The molecule has 106 valence electrons. The first-order chi connectivity index (χ1) is 10.3. The topological polar surface area (TPSA) is 73.6 Å². The lowest BCUT2D eigenvalue weighted by atomic mass is 10.2. The number of para-hydroxylation sites is 1. The third-order valence-corrected chi connectivity index (χ3v) is 3.35. The summed E-state index contributed by atoms with van der Waals surface area (Å²) in [4.78, 5) is 9.12. The van der Waals surface area contributed by atoms with E-state index in [0.29, 0.717) is 11.5 Å². The SMILES string of the molecule is CCNc1cc(Nc2ccccc2C#N)nc(C2CC2)n1. The number of nitrogens with one attached hydrogen (secondary N) is 2. The molecule has 3 rings (SSSR count). The molecule has 0 bridgehead atoms. The fraction of sp³-hybridized carbons (Fsp3) is 0.312. The molecular weight excluding hydrogens is 262 g/mol. The summed E-state index contributed by atoms with van der Waals surface area (Å²) >= 11 is 0. The van der Waals surface area contributed by atoms with Gasteiger partial charge in [-0.3, -0.25) is 0 Å². The molecule has 0 radical (unpaired) electrons. The molecule has 0 amide bonds. The highest BCUT2D eigenvalue weighted by Gasteiger charge is 2.27. The number of benzene rings is 1. The molecule has 1 aliphatic carbocycles. The van der Waals surface area contributed by atoms with Crippen LogP contribution in [0, 0.1) is 11.3 Å². The fourth-order valence-corrected chi connectivity index (χ4v) is 2.15. The number of aromatic nitrogens is 2. The second-order valence-corrected chi connectivity index (χ2v) is 5.08. The van der Waals surface area contributed by atoms with E-state index < -0.39 is 0 Å². The predicted molar refractivity (Wildman–Crippen MR) is 82.6 cm³/mol. The van der Waals surface area contributed by atoms with Crippen molar-refractivity contribution in [3.63, 3.8) is 0 Å². The van der Waals surface area contributed by atoms with Crippen LogP contribution in [0.15, 0.2) is 30.3 Å². The van der Waals surface area contributed by atoms with E-state index in [4.69, 9.17) is 5.26 Å². The Hall–Kier alpha value is -2.61. The van der Waals surface area contributed by atoms with Crippen molar-refractivity contribution < 1.29 is 0 Å². The highest BCUT2D eigenvalue weighted by Crippen LogP contribution is 2.39. The van der Waals surface area contributed by atoms with Gasteiger partial charge in [-0.15, -0.1) is 0 Å². The number of nitriles is 1. The largest absolute Gasteiger partial charge is 0.370 e. The first-order valence-corrected chi connectivity index (χ1v) is 7.19. The third kappa shape index (κ3) is 3.11. The summed E-state index contributed by atoms with van der Waals surface area (Å²) in [6, 6.07) is 11.5. The molecule has 21 heavy (non-hydrogen) atoms. The number of hydrogen-bond acceptors (Lipinski definition) is 5. The minimum atomic E-state index is 0.482. The van der Waals surface area contributed by atoms with Crippen molar-refractivity contribution in [2.75, 3.05) is 17.2 Å².